The molecule has 2 aliphatic rings. The van der Waals surface area contributed by atoms with Gasteiger partial charge in [0.15, 0.2) is 5.82 Å². The lowest BCUT2D eigenvalue weighted by molar-refractivity contribution is 0.718. The molecule has 0 radical (unpaired) electrons. The average Bonchev–Trinajstić information content (AvgIpc) is 3.83. The van der Waals surface area contributed by atoms with E-state index in [2.05, 4.69) is 194 Å². The quantitative estimate of drug-likeness (QED) is 0.171. The maximum Gasteiger partial charge on any atom is 0.160 e. The summed E-state index contributed by atoms with van der Waals surface area (Å²) in [5.41, 5.74) is 20.3. The molecule has 1 unspecified atom stereocenters. The van der Waals surface area contributed by atoms with Crippen LogP contribution in [0.4, 0.5) is 0 Å². The van der Waals surface area contributed by atoms with Crippen LogP contribution in [0.25, 0.3) is 89.9 Å². The number of fused-ring (bicyclic) bond motifs is 6. The fourth-order valence-corrected chi connectivity index (χ4v) is 9.12. The van der Waals surface area contributed by atoms with E-state index >= 15 is 0 Å². The van der Waals surface area contributed by atoms with Gasteiger partial charge in [-0.3, -0.25) is 0 Å². The Hall–Kier alpha value is -7.10. The highest BCUT2D eigenvalue weighted by molar-refractivity contribution is 6.01. The molecule has 3 heteroatoms. The van der Waals surface area contributed by atoms with E-state index in [4.69, 9.17) is 9.97 Å². The molecule has 270 valence electrons. The molecule has 2 aliphatic carbocycles. The average molecular weight is 730 g/mol. The summed E-state index contributed by atoms with van der Waals surface area (Å²) in [5.74, 6) is 1.25. The second-order valence-corrected chi connectivity index (χ2v) is 15.4. The van der Waals surface area contributed by atoms with Crippen molar-refractivity contribution in [2.75, 3.05) is 0 Å². The van der Waals surface area contributed by atoms with Crippen molar-refractivity contribution in [2.24, 2.45) is 5.92 Å². The van der Waals surface area contributed by atoms with Crippen molar-refractivity contribution in [1.82, 2.24) is 14.5 Å². The third kappa shape index (κ3) is 5.66. The van der Waals surface area contributed by atoms with Crippen molar-refractivity contribution in [3.63, 3.8) is 0 Å². The van der Waals surface area contributed by atoms with Crippen LogP contribution in [0.1, 0.15) is 29.3 Å². The molecule has 57 heavy (non-hydrogen) atoms. The van der Waals surface area contributed by atoms with Crippen molar-refractivity contribution in [3.8, 4) is 73.0 Å². The molecule has 0 amide bonds. The zero-order valence-corrected chi connectivity index (χ0v) is 31.7. The van der Waals surface area contributed by atoms with Gasteiger partial charge in [-0.2, -0.15) is 0 Å². The minimum atomic E-state index is 0.506. The number of para-hydroxylation sites is 2. The molecule has 0 saturated heterocycles. The molecule has 11 rings (SSSR count). The number of benzene rings is 7. The van der Waals surface area contributed by atoms with Crippen LogP contribution in [0.2, 0.25) is 0 Å². The van der Waals surface area contributed by atoms with Crippen molar-refractivity contribution < 1.29 is 0 Å². The van der Waals surface area contributed by atoms with Crippen LogP contribution in [-0.4, -0.2) is 14.5 Å². The molecule has 0 aliphatic heterocycles. The number of nitrogens with zero attached hydrogens (tertiary/aromatic N) is 3. The third-order valence-electron chi connectivity index (χ3n) is 11.8. The minimum Gasteiger partial charge on any atom is -0.309 e. The molecule has 0 bridgehead atoms. The van der Waals surface area contributed by atoms with E-state index in [0.717, 1.165) is 41.2 Å². The zero-order valence-electron chi connectivity index (χ0n) is 31.7. The topological polar surface area (TPSA) is 30.7 Å². The largest absolute Gasteiger partial charge is 0.309 e. The molecular formula is C54H39N3. The van der Waals surface area contributed by atoms with E-state index < -0.39 is 0 Å². The first-order chi connectivity index (χ1) is 28.2. The maximum atomic E-state index is 5.31. The standard InChI is InChI=1S/C54H39N3/c1-35-26-31-50-48(32-35)46-25-13-23-44(53(46)57(50)42-20-9-4-10-21-42)41-19-11-18-40(33-41)43-22-12-24-45-47(43)34-49-51(55-54(56-52(45)49)39-16-7-3-8-17-39)38-29-27-37(28-30-38)36-14-5-2-6-15-36/h2-31,33,35H,32,34H2,1H3. The normalized spacial score (nSPS) is 14.0. The van der Waals surface area contributed by atoms with Crippen LogP contribution < -0.4 is 0 Å². The van der Waals surface area contributed by atoms with E-state index in [-0.39, 0.29) is 0 Å². The van der Waals surface area contributed by atoms with Crippen LogP contribution in [-0.2, 0) is 12.8 Å². The molecule has 3 nitrogen and oxygen atoms in total. The first kappa shape index (κ1) is 33.3. The Kier molecular flexibility index (Phi) is 7.92. The second-order valence-electron chi connectivity index (χ2n) is 15.4. The summed E-state index contributed by atoms with van der Waals surface area (Å²) in [6.07, 6.45) is 6.49. The Morgan fingerprint density at radius 1 is 0.474 bits per heavy atom. The van der Waals surface area contributed by atoms with Crippen LogP contribution in [0.15, 0.2) is 182 Å². The summed E-state index contributed by atoms with van der Waals surface area (Å²) in [7, 11) is 0. The molecular weight excluding hydrogens is 691 g/mol. The highest BCUT2D eigenvalue weighted by Crippen LogP contribution is 2.46. The monoisotopic (exact) mass is 729 g/mol. The summed E-state index contributed by atoms with van der Waals surface area (Å²) in [4.78, 5) is 10.6. The molecule has 2 heterocycles. The molecule has 9 aromatic rings. The summed E-state index contributed by atoms with van der Waals surface area (Å²) >= 11 is 0. The fourth-order valence-electron chi connectivity index (χ4n) is 9.12. The van der Waals surface area contributed by atoms with E-state index in [9.17, 15) is 0 Å². The summed E-state index contributed by atoms with van der Waals surface area (Å²) in [5, 5.41) is 1.33. The Labute approximate surface area is 333 Å². The first-order valence-electron chi connectivity index (χ1n) is 19.9. The molecule has 0 spiro atoms. The van der Waals surface area contributed by atoms with Crippen LogP contribution in [0, 0.1) is 5.92 Å². The molecule has 2 aromatic heterocycles. The van der Waals surface area contributed by atoms with Crippen molar-refractivity contribution in [1.29, 1.82) is 0 Å². The lowest BCUT2D eigenvalue weighted by Gasteiger charge is -2.16. The summed E-state index contributed by atoms with van der Waals surface area (Å²) in [6.45, 7) is 2.31. The van der Waals surface area contributed by atoms with E-state index in [0.29, 0.717) is 5.92 Å². The van der Waals surface area contributed by atoms with E-state index in [1.54, 1.807) is 0 Å². The Balaban J connectivity index is 1.04. The lowest BCUT2D eigenvalue weighted by Crippen LogP contribution is -2.05. The third-order valence-corrected chi connectivity index (χ3v) is 11.8. The van der Waals surface area contributed by atoms with Gasteiger partial charge in [0.2, 0.25) is 0 Å². The van der Waals surface area contributed by atoms with Crippen LogP contribution in [0.5, 0.6) is 0 Å². The van der Waals surface area contributed by atoms with Gasteiger partial charge >= 0.3 is 0 Å². The van der Waals surface area contributed by atoms with E-state index in [1.165, 1.54) is 77.9 Å². The SMILES string of the molecule is CC1C=Cc2c(c3cccc(-c4cccc(-c5cccc6c5Cc5c(-c7ccc(-c8ccccc8)cc7)nc(-c7ccccc7)nc5-6)c4)c3n2-c2ccccc2)C1. The van der Waals surface area contributed by atoms with Crippen molar-refractivity contribution in [2.45, 2.75) is 19.8 Å². The van der Waals surface area contributed by atoms with E-state index in [1.807, 2.05) is 6.07 Å². The Morgan fingerprint density at radius 3 is 1.82 bits per heavy atom. The van der Waals surface area contributed by atoms with Gasteiger partial charge in [-0.25, -0.2) is 9.97 Å². The molecule has 7 aromatic carbocycles. The fraction of sp³-hybridized carbons (Fsp3) is 0.0741. The number of hydrogen-bond acceptors (Lipinski definition) is 2. The minimum absolute atomic E-state index is 0.506. The Morgan fingerprint density at radius 2 is 1.05 bits per heavy atom. The van der Waals surface area contributed by atoms with Crippen molar-refractivity contribution >= 4 is 17.0 Å². The maximum absolute atomic E-state index is 5.31. The molecule has 1 atom stereocenters. The highest BCUT2D eigenvalue weighted by Gasteiger charge is 2.29. The van der Waals surface area contributed by atoms with Gasteiger partial charge in [0.05, 0.1) is 16.9 Å². The van der Waals surface area contributed by atoms with Gasteiger partial charge in [0.25, 0.3) is 0 Å². The van der Waals surface area contributed by atoms with Gasteiger partial charge in [-0.05, 0) is 75.6 Å². The predicted octanol–water partition coefficient (Wildman–Crippen LogP) is 13.5. The smallest absolute Gasteiger partial charge is 0.160 e. The second kappa shape index (κ2) is 13.6. The predicted molar refractivity (Wildman–Crippen MR) is 236 cm³/mol. The summed E-state index contributed by atoms with van der Waals surface area (Å²) < 4.78 is 2.48. The van der Waals surface area contributed by atoms with Crippen molar-refractivity contribution in [3.05, 3.63) is 204 Å². The van der Waals surface area contributed by atoms with Gasteiger partial charge in [0.1, 0.15) is 0 Å². The molecule has 0 saturated carbocycles. The van der Waals surface area contributed by atoms with Crippen LogP contribution >= 0.6 is 0 Å². The number of aromatic nitrogens is 3. The molecule has 0 fully saturated rings. The van der Waals surface area contributed by atoms with Gasteiger partial charge in [-0.1, -0.05) is 171 Å². The Bertz CT molecular complexity index is 2990. The van der Waals surface area contributed by atoms with Gasteiger partial charge < -0.3 is 4.57 Å². The molecule has 0 N–H and O–H groups in total. The van der Waals surface area contributed by atoms with Gasteiger partial charge in [0, 0.05) is 51.0 Å². The number of hydrogen-bond donors (Lipinski definition) is 0. The lowest BCUT2D eigenvalue weighted by atomic mass is 9.91. The zero-order chi connectivity index (χ0) is 37.9. The number of rotatable bonds is 6. The first-order valence-corrected chi connectivity index (χ1v) is 19.9. The number of allylic oxidation sites excluding steroid dienone is 1. The van der Waals surface area contributed by atoms with Gasteiger partial charge in [-0.15, -0.1) is 0 Å². The highest BCUT2D eigenvalue weighted by atomic mass is 15.0. The van der Waals surface area contributed by atoms with Crippen LogP contribution in [0.3, 0.4) is 0 Å². The summed E-state index contributed by atoms with van der Waals surface area (Å²) in [6, 6.07) is 63.3.